The molecule has 0 spiro atoms. The summed E-state index contributed by atoms with van der Waals surface area (Å²) in [6.07, 6.45) is 5.54. The predicted molar refractivity (Wildman–Crippen MR) is 65.0 cm³/mol. The third kappa shape index (κ3) is 2.05. The number of fused-ring (bicyclic) bond motifs is 1. The lowest BCUT2D eigenvalue weighted by Crippen LogP contribution is -2.37. The van der Waals surface area contributed by atoms with Crippen LogP contribution in [0.2, 0.25) is 0 Å². The van der Waals surface area contributed by atoms with E-state index in [0.29, 0.717) is 5.92 Å². The van der Waals surface area contributed by atoms with Crippen molar-refractivity contribution in [3.05, 3.63) is 11.6 Å². The molecule has 0 aromatic rings. The van der Waals surface area contributed by atoms with Gasteiger partial charge >= 0.3 is 0 Å². The maximum absolute atomic E-state index is 10.5. The number of allylic oxidation sites excluding steroid dienone is 1. The average molecular weight is 224 g/mol. The molecule has 2 aliphatic rings. The Kier molecular flexibility index (Phi) is 3.15. The van der Waals surface area contributed by atoms with Gasteiger partial charge in [0.2, 0.25) is 0 Å². The number of aliphatic hydroxyl groups is 2. The van der Waals surface area contributed by atoms with Crippen LogP contribution in [0.1, 0.15) is 46.5 Å². The van der Waals surface area contributed by atoms with Gasteiger partial charge in [-0.05, 0) is 50.4 Å². The van der Waals surface area contributed by atoms with Crippen molar-refractivity contribution in [3.63, 3.8) is 0 Å². The second-order valence-electron chi connectivity index (χ2n) is 6.11. The van der Waals surface area contributed by atoms with Gasteiger partial charge in [-0.15, -0.1) is 0 Å². The topological polar surface area (TPSA) is 40.5 Å². The second-order valence-corrected chi connectivity index (χ2v) is 6.11. The molecule has 2 nitrogen and oxygen atoms in total. The summed E-state index contributed by atoms with van der Waals surface area (Å²) in [4.78, 5) is 0. The summed E-state index contributed by atoms with van der Waals surface area (Å²) >= 11 is 0. The quantitative estimate of drug-likeness (QED) is 0.672. The molecule has 16 heavy (non-hydrogen) atoms. The first-order valence-electron chi connectivity index (χ1n) is 6.51. The predicted octanol–water partition coefficient (Wildman–Crippen LogP) is 2.50. The van der Waals surface area contributed by atoms with Crippen LogP contribution >= 0.6 is 0 Å². The number of rotatable bonds is 1. The molecule has 1 fully saturated rings. The molecule has 0 amide bonds. The molecule has 0 heterocycles. The molecular weight excluding hydrogens is 200 g/mol. The van der Waals surface area contributed by atoms with E-state index in [2.05, 4.69) is 19.9 Å². The van der Waals surface area contributed by atoms with E-state index in [-0.39, 0.29) is 17.9 Å². The molecule has 0 aliphatic heterocycles. The Hall–Kier alpha value is -0.340. The highest BCUT2D eigenvalue weighted by molar-refractivity contribution is 5.15. The Bertz CT molecular complexity index is 291. The molecule has 92 valence electrons. The normalized spacial score (nSPS) is 44.1. The van der Waals surface area contributed by atoms with Gasteiger partial charge in [-0.3, -0.25) is 0 Å². The van der Waals surface area contributed by atoms with Gasteiger partial charge in [0.05, 0.1) is 11.7 Å². The molecular formula is C14H24O2. The highest BCUT2D eigenvalue weighted by Crippen LogP contribution is 2.46. The Morgan fingerprint density at radius 2 is 2.06 bits per heavy atom. The summed E-state index contributed by atoms with van der Waals surface area (Å²) in [5.74, 6) is 1.07. The van der Waals surface area contributed by atoms with Gasteiger partial charge in [0, 0.05) is 0 Å². The molecule has 4 unspecified atom stereocenters. The van der Waals surface area contributed by atoms with Crippen molar-refractivity contribution in [1.29, 1.82) is 0 Å². The summed E-state index contributed by atoms with van der Waals surface area (Å²) in [7, 11) is 0. The van der Waals surface area contributed by atoms with Gasteiger partial charge in [-0.2, -0.15) is 0 Å². The smallest absolute Gasteiger partial charge is 0.0685 e. The highest BCUT2D eigenvalue weighted by atomic mass is 16.3. The zero-order valence-electron chi connectivity index (χ0n) is 10.6. The summed E-state index contributed by atoms with van der Waals surface area (Å²) < 4.78 is 0. The summed E-state index contributed by atoms with van der Waals surface area (Å²) in [5.41, 5.74) is 0.785. The van der Waals surface area contributed by atoms with Crippen LogP contribution in [-0.4, -0.2) is 21.9 Å². The largest absolute Gasteiger partial charge is 0.393 e. The molecule has 2 N–H and O–H groups in total. The van der Waals surface area contributed by atoms with E-state index in [1.807, 2.05) is 6.92 Å². The molecule has 0 saturated heterocycles. The number of hydrogen-bond donors (Lipinski definition) is 2. The van der Waals surface area contributed by atoms with Gasteiger partial charge in [0.25, 0.3) is 0 Å². The first kappa shape index (κ1) is 12.1. The van der Waals surface area contributed by atoms with Gasteiger partial charge in [0.1, 0.15) is 0 Å². The summed E-state index contributed by atoms with van der Waals surface area (Å²) in [6, 6.07) is 0. The average Bonchev–Trinajstić information content (AvgIpc) is 2.47. The molecule has 0 aromatic heterocycles. The van der Waals surface area contributed by atoms with Gasteiger partial charge in [0.15, 0.2) is 0 Å². The molecule has 0 radical (unpaired) electrons. The first-order valence-corrected chi connectivity index (χ1v) is 6.51. The van der Waals surface area contributed by atoms with Gasteiger partial charge in [-0.25, -0.2) is 0 Å². The molecule has 0 bridgehead atoms. The molecule has 0 aromatic carbocycles. The van der Waals surface area contributed by atoms with E-state index in [0.717, 1.165) is 25.7 Å². The third-order valence-electron chi connectivity index (χ3n) is 4.57. The van der Waals surface area contributed by atoms with Crippen molar-refractivity contribution < 1.29 is 10.2 Å². The van der Waals surface area contributed by atoms with E-state index in [1.165, 1.54) is 5.57 Å². The van der Waals surface area contributed by atoms with Crippen molar-refractivity contribution >= 4 is 0 Å². The van der Waals surface area contributed by atoms with Crippen molar-refractivity contribution in [2.24, 2.45) is 17.8 Å². The van der Waals surface area contributed by atoms with Crippen molar-refractivity contribution in [1.82, 2.24) is 0 Å². The standard InChI is InChI=1S/C14H24O2/c1-9(2)10-6-7-14(3,16)12-4-5-13(15)11(12)8-10/h6,9,11-13,15-16H,4-5,7-8H2,1-3H3. The Balaban J connectivity index is 2.26. The van der Waals surface area contributed by atoms with Crippen LogP contribution in [0, 0.1) is 17.8 Å². The number of aliphatic hydroxyl groups excluding tert-OH is 1. The lowest BCUT2D eigenvalue weighted by Gasteiger charge is -2.32. The van der Waals surface area contributed by atoms with Crippen molar-refractivity contribution in [2.45, 2.75) is 58.2 Å². The minimum Gasteiger partial charge on any atom is -0.393 e. The molecule has 1 saturated carbocycles. The molecule has 2 heteroatoms. The van der Waals surface area contributed by atoms with Crippen LogP contribution in [-0.2, 0) is 0 Å². The van der Waals surface area contributed by atoms with E-state index < -0.39 is 5.60 Å². The summed E-state index contributed by atoms with van der Waals surface area (Å²) in [5, 5.41) is 20.5. The van der Waals surface area contributed by atoms with Gasteiger partial charge in [-0.1, -0.05) is 25.5 Å². The second kappa shape index (κ2) is 4.15. The highest BCUT2D eigenvalue weighted by Gasteiger charge is 2.46. The Morgan fingerprint density at radius 1 is 1.38 bits per heavy atom. The molecule has 2 rings (SSSR count). The monoisotopic (exact) mass is 224 g/mol. The van der Waals surface area contributed by atoms with Crippen LogP contribution in [0.4, 0.5) is 0 Å². The zero-order chi connectivity index (χ0) is 11.9. The fraction of sp³-hybridized carbons (Fsp3) is 0.857. The fourth-order valence-electron chi connectivity index (χ4n) is 3.41. The summed E-state index contributed by atoms with van der Waals surface area (Å²) in [6.45, 7) is 6.33. The lowest BCUT2D eigenvalue weighted by atomic mass is 9.79. The van der Waals surface area contributed by atoms with E-state index >= 15 is 0 Å². The van der Waals surface area contributed by atoms with E-state index in [1.54, 1.807) is 0 Å². The van der Waals surface area contributed by atoms with Crippen LogP contribution in [0.25, 0.3) is 0 Å². The Morgan fingerprint density at radius 3 is 2.69 bits per heavy atom. The van der Waals surface area contributed by atoms with Gasteiger partial charge < -0.3 is 10.2 Å². The van der Waals surface area contributed by atoms with Crippen LogP contribution in [0.5, 0.6) is 0 Å². The maximum atomic E-state index is 10.5. The van der Waals surface area contributed by atoms with Crippen LogP contribution in [0.3, 0.4) is 0 Å². The first-order chi connectivity index (χ1) is 7.42. The molecule has 4 atom stereocenters. The Labute approximate surface area is 98.4 Å². The SMILES string of the molecule is CC(C)C1=CCC(C)(O)C2CCC(O)C2C1. The molecule has 2 aliphatic carbocycles. The van der Waals surface area contributed by atoms with E-state index in [9.17, 15) is 10.2 Å². The third-order valence-corrected chi connectivity index (χ3v) is 4.57. The van der Waals surface area contributed by atoms with E-state index in [4.69, 9.17) is 0 Å². The lowest BCUT2D eigenvalue weighted by molar-refractivity contribution is -0.0250. The minimum absolute atomic E-state index is 0.211. The van der Waals surface area contributed by atoms with Crippen molar-refractivity contribution in [3.8, 4) is 0 Å². The van der Waals surface area contributed by atoms with Crippen LogP contribution < -0.4 is 0 Å². The van der Waals surface area contributed by atoms with Crippen molar-refractivity contribution in [2.75, 3.05) is 0 Å². The number of hydrogen-bond acceptors (Lipinski definition) is 2. The maximum Gasteiger partial charge on any atom is 0.0685 e. The van der Waals surface area contributed by atoms with Crippen LogP contribution in [0.15, 0.2) is 11.6 Å². The minimum atomic E-state index is -0.626. The fourth-order valence-corrected chi connectivity index (χ4v) is 3.41. The zero-order valence-corrected chi connectivity index (χ0v) is 10.6.